The monoisotopic (exact) mass is 414 g/mol. The highest BCUT2D eigenvalue weighted by Crippen LogP contribution is 2.26. The van der Waals surface area contributed by atoms with E-state index in [1.165, 1.54) is 0 Å². The molecule has 0 unspecified atom stereocenters. The van der Waals surface area contributed by atoms with E-state index in [1.807, 2.05) is 60.7 Å². The van der Waals surface area contributed by atoms with Crippen LogP contribution in [-0.4, -0.2) is 24.8 Å². The Bertz CT molecular complexity index is 1140. The van der Waals surface area contributed by atoms with Gasteiger partial charge in [0.15, 0.2) is 23.9 Å². The van der Waals surface area contributed by atoms with Crippen molar-refractivity contribution < 1.29 is 18.8 Å². The second kappa shape index (κ2) is 9.63. The van der Waals surface area contributed by atoms with Crippen LogP contribution in [0.25, 0.3) is 22.5 Å². The van der Waals surface area contributed by atoms with Crippen molar-refractivity contribution in [1.82, 2.24) is 10.5 Å². The minimum absolute atomic E-state index is 0.119. The average molecular weight is 414 g/mol. The summed E-state index contributed by atoms with van der Waals surface area (Å²) in [6, 6.07) is 27.2. The van der Waals surface area contributed by atoms with E-state index in [2.05, 4.69) is 22.6 Å². The molecule has 1 amide bonds. The molecule has 0 bridgehead atoms. The van der Waals surface area contributed by atoms with Crippen molar-refractivity contribution in [2.24, 2.45) is 0 Å². The Hall–Kier alpha value is -4.06. The van der Waals surface area contributed by atoms with E-state index in [0.717, 1.165) is 16.7 Å². The minimum atomic E-state index is -0.261. The number of benzene rings is 3. The molecule has 3 aromatic carbocycles. The normalized spacial score (nSPS) is 10.5. The third-order valence-corrected chi connectivity index (χ3v) is 4.73. The van der Waals surface area contributed by atoms with Crippen LogP contribution < -0.4 is 14.8 Å². The maximum atomic E-state index is 12.1. The first-order valence-corrected chi connectivity index (χ1v) is 9.87. The summed E-state index contributed by atoms with van der Waals surface area (Å²) in [5.74, 6) is 1.48. The summed E-state index contributed by atoms with van der Waals surface area (Å²) in [7, 11) is 1.56. The number of nitrogens with zero attached hydrogens (tertiary/aromatic N) is 1. The second-order valence-corrected chi connectivity index (χ2v) is 6.84. The van der Waals surface area contributed by atoms with Gasteiger partial charge in [0.05, 0.1) is 13.7 Å². The number of nitrogens with one attached hydrogen (secondary N) is 1. The maximum Gasteiger partial charge on any atom is 0.258 e. The second-order valence-electron chi connectivity index (χ2n) is 6.84. The molecule has 6 heteroatoms. The van der Waals surface area contributed by atoms with E-state index in [1.54, 1.807) is 19.2 Å². The van der Waals surface area contributed by atoms with Crippen LogP contribution in [0.15, 0.2) is 89.5 Å². The summed E-state index contributed by atoms with van der Waals surface area (Å²) in [5, 5.41) is 6.82. The van der Waals surface area contributed by atoms with Crippen molar-refractivity contribution in [3.63, 3.8) is 0 Å². The molecule has 1 heterocycles. The van der Waals surface area contributed by atoms with Gasteiger partial charge in [0, 0.05) is 11.6 Å². The molecule has 4 rings (SSSR count). The molecule has 0 atom stereocenters. The van der Waals surface area contributed by atoms with E-state index < -0.39 is 0 Å². The Morgan fingerprint density at radius 2 is 1.52 bits per heavy atom. The smallest absolute Gasteiger partial charge is 0.258 e. The quantitative estimate of drug-likeness (QED) is 0.452. The number of carbonyl (C=O) groups excluding carboxylic acids is 1. The number of para-hydroxylation sites is 2. The molecule has 0 radical (unpaired) electrons. The molecule has 4 aromatic rings. The summed E-state index contributed by atoms with van der Waals surface area (Å²) in [5.41, 5.74) is 3.84. The maximum absolute atomic E-state index is 12.1. The Morgan fingerprint density at radius 1 is 0.871 bits per heavy atom. The first-order chi connectivity index (χ1) is 15.2. The predicted octanol–water partition coefficient (Wildman–Crippen LogP) is 4.71. The van der Waals surface area contributed by atoms with Gasteiger partial charge in [-0.15, -0.1) is 0 Å². The van der Waals surface area contributed by atoms with Crippen LogP contribution in [-0.2, 0) is 11.3 Å². The zero-order valence-electron chi connectivity index (χ0n) is 17.1. The third-order valence-electron chi connectivity index (χ3n) is 4.73. The number of rotatable bonds is 8. The molecule has 6 nitrogen and oxygen atoms in total. The molecule has 1 N–H and O–H groups in total. The Balaban J connectivity index is 1.31. The van der Waals surface area contributed by atoms with Gasteiger partial charge in [0.1, 0.15) is 5.69 Å². The fraction of sp³-hybridized carbons (Fsp3) is 0.120. The largest absolute Gasteiger partial charge is 0.493 e. The van der Waals surface area contributed by atoms with Gasteiger partial charge in [-0.25, -0.2) is 0 Å². The molecule has 1 aromatic heterocycles. The van der Waals surface area contributed by atoms with Gasteiger partial charge >= 0.3 is 0 Å². The molecular weight excluding hydrogens is 392 g/mol. The number of methoxy groups -OCH3 is 1. The number of aromatic nitrogens is 1. The lowest BCUT2D eigenvalue weighted by molar-refractivity contribution is -0.123. The number of ether oxygens (including phenoxy) is 2. The Kier molecular flexibility index (Phi) is 6.28. The van der Waals surface area contributed by atoms with Crippen molar-refractivity contribution in [2.45, 2.75) is 6.54 Å². The van der Waals surface area contributed by atoms with Crippen LogP contribution in [0.3, 0.4) is 0 Å². The van der Waals surface area contributed by atoms with Gasteiger partial charge in [-0.2, -0.15) is 0 Å². The lowest BCUT2D eigenvalue weighted by Crippen LogP contribution is -2.28. The molecule has 0 fully saturated rings. The first-order valence-electron chi connectivity index (χ1n) is 9.87. The zero-order chi connectivity index (χ0) is 21.5. The van der Waals surface area contributed by atoms with Crippen molar-refractivity contribution >= 4 is 5.91 Å². The number of carbonyl (C=O) groups is 1. The molecule has 31 heavy (non-hydrogen) atoms. The van der Waals surface area contributed by atoms with Crippen molar-refractivity contribution in [3.05, 3.63) is 90.6 Å². The molecule has 0 aliphatic carbocycles. The average Bonchev–Trinajstić information content (AvgIpc) is 3.31. The summed E-state index contributed by atoms with van der Waals surface area (Å²) in [4.78, 5) is 12.1. The van der Waals surface area contributed by atoms with Gasteiger partial charge < -0.3 is 19.3 Å². The zero-order valence-corrected chi connectivity index (χ0v) is 17.1. The SMILES string of the molecule is COc1ccccc1OCC(=O)NCc1cc(-c2ccc(-c3ccccc3)cc2)on1. The lowest BCUT2D eigenvalue weighted by Gasteiger charge is -2.09. The predicted molar refractivity (Wildman–Crippen MR) is 118 cm³/mol. The molecule has 156 valence electrons. The number of hydrogen-bond acceptors (Lipinski definition) is 5. The summed E-state index contributed by atoms with van der Waals surface area (Å²) >= 11 is 0. The fourth-order valence-corrected chi connectivity index (χ4v) is 3.11. The summed E-state index contributed by atoms with van der Waals surface area (Å²) in [6.07, 6.45) is 0. The molecule has 0 saturated heterocycles. The molecular formula is C25H22N2O4. The van der Waals surface area contributed by atoms with Crippen LogP contribution >= 0.6 is 0 Å². The van der Waals surface area contributed by atoms with Gasteiger partial charge in [-0.05, 0) is 23.3 Å². The first kappa shape index (κ1) is 20.2. The highest BCUT2D eigenvalue weighted by Gasteiger charge is 2.10. The van der Waals surface area contributed by atoms with Crippen LogP contribution in [0.1, 0.15) is 5.69 Å². The molecule has 0 aliphatic heterocycles. The Labute approximate surface area is 180 Å². The van der Waals surface area contributed by atoms with E-state index >= 15 is 0 Å². The van der Waals surface area contributed by atoms with E-state index in [4.69, 9.17) is 14.0 Å². The highest BCUT2D eigenvalue weighted by molar-refractivity contribution is 5.77. The van der Waals surface area contributed by atoms with Crippen molar-refractivity contribution in [1.29, 1.82) is 0 Å². The van der Waals surface area contributed by atoms with Crippen LogP contribution in [0, 0.1) is 0 Å². The number of hydrogen-bond donors (Lipinski definition) is 1. The molecule has 0 spiro atoms. The van der Waals surface area contributed by atoms with Crippen molar-refractivity contribution in [2.75, 3.05) is 13.7 Å². The van der Waals surface area contributed by atoms with E-state index in [-0.39, 0.29) is 19.1 Å². The Morgan fingerprint density at radius 3 is 2.26 bits per heavy atom. The topological polar surface area (TPSA) is 73.6 Å². The van der Waals surface area contributed by atoms with Gasteiger partial charge in [0.2, 0.25) is 0 Å². The van der Waals surface area contributed by atoms with Gasteiger partial charge in [0.25, 0.3) is 5.91 Å². The van der Waals surface area contributed by atoms with Gasteiger partial charge in [-0.1, -0.05) is 71.9 Å². The third kappa shape index (κ3) is 5.11. The summed E-state index contributed by atoms with van der Waals surface area (Å²) in [6.45, 7) is 0.131. The van der Waals surface area contributed by atoms with Crippen LogP contribution in [0.4, 0.5) is 0 Å². The number of amides is 1. The lowest BCUT2D eigenvalue weighted by atomic mass is 10.0. The van der Waals surface area contributed by atoms with E-state index in [9.17, 15) is 4.79 Å². The fourth-order valence-electron chi connectivity index (χ4n) is 3.11. The van der Waals surface area contributed by atoms with Crippen LogP contribution in [0.5, 0.6) is 11.5 Å². The van der Waals surface area contributed by atoms with Gasteiger partial charge in [-0.3, -0.25) is 4.79 Å². The standard InChI is InChI=1S/C25H22N2O4/c1-29-22-9-5-6-10-23(22)30-17-25(28)26-16-21-15-24(31-27-21)20-13-11-19(12-14-20)18-7-3-2-4-8-18/h2-15H,16-17H2,1H3,(H,26,28). The van der Waals surface area contributed by atoms with Crippen LogP contribution in [0.2, 0.25) is 0 Å². The minimum Gasteiger partial charge on any atom is -0.493 e. The van der Waals surface area contributed by atoms with E-state index in [0.29, 0.717) is 23.0 Å². The summed E-state index contributed by atoms with van der Waals surface area (Å²) < 4.78 is 16.2. The molecule has 0 saturated carbocycles. The molecule has 0 aliphatic rings. The van der Waals surface area contributed by atoms with Crippen molar-refractivity contribution in [3.8, 4) is 33.9 Å². The highest BCUT2D eigenvalue weighted by atomic mass is 16.5.